The molecule has 1 N–H and O–H groups in total. The summed E-state index contributed by atoms with van der Waals surface area (Å²) in [6.45, 7) is 26.3. The zero-order valence-corrected chi connectivity index (χ0v) is 24.7. The molecular weight excluding hydrogens is 418 g/mol. The van der Waals surface area contributed by atoms with Gasteiger partial charge in [-0.25, -0.2) is 0 Å². The molecule has 0 aliphatic carbocycles. The van der Waals surface area contributed by atoms with Gasteiger partial charge in [-0.2, -0.15) is 0 Å². The van der Waals surface area contributed by atoms with Crippen LogP contribution in [0.3, 0.4) is 0 Å². The van der Waals surface area contributed by atoms with Crippen LogP contribution in [0.4, 0.5) is 0 Å². The van der Waals surface area contributed by atoms with Crippen LogP contribution in [0.1, 0.15) is 81.6 Å². The number of nitrogens with zero attached hydrogens (tertiary/aromatic N) is 1. The molecule has 0 saturated carbocycles. The van der Waals surface area contributed by atoms with E-state index in [1.54, 1.807) is 0 Å². The minimum Gasteiger partial charge on any atom is -0.414 e. The van der Waals surface area contributed by atoms with Gasteiger partial charge in [0.25, 0.3) is 0 Å². The van der Waals surface area contributed by atoms with Gasteiger partial charge in [0, 0.05) is 18.0 Å². The number of hydrogen-bond acceptors (Lipinski definition) is 4. The fraction of sp³-hybridized carbons (Fsp3) is 1.00. The number of piperidine rings is 1. The maximum absolute atomic E-state index is 11.3. The first-order chi connectivity index (χ1) is 14.1. The number of aliphatic hydroxyl groups excluding tert-OH is 1. The third-order valence-corrected chi connectivity index (χ3v) is 19.8. The molecule has 0 unspecified atom stereocenters. The summed E-state index contributed by atoms with van der Waals surface area (Å²) in [5.41, 5.74) is 1.58. The highest BCUT2D eigenvalue weighted by molar-refractivity contribution is 6.77. The second-order valence-electron chi connectivity index (χ2n) is 12.9. The SMILES string of the molecule is CC(C)[Si](O[C@H](CO[Si](C)(C)C(C)(C)C)[C@@H]1[C@H](O)C[C@H]2CC[C@@H]1N2C)(C(C)C)C(C)C. The molecule has 5 atom stereocenters. The Bertz CT molecular complexity index is 566. The lowest BCUT2D eigenvalue weighted by Gasteiger charge is -2.50. The number of hydrogen-bond donors (Lipinski definition) is 1. The Labute approximate surface area is 195 Å². The van der Waals surface area contributed by atoms with Crippen molar-refractivity contribution >= 4 is 16.6 Å². The van der Waals surface area contributed by atoms with Crippen molar-refractivity contribution in [3.63, 3.8) is 0 Å². The second kappa shape index (κ2) is 9.87. The van der Waals surface area contributed by atoms with Gasteiger partial charge < -0.3 is 14.0 Å². The van der Waals surface area contributed by atoms with Crippen molar-refractivity contribution in [3.8, 4) is 0 Å². The smallest absolute Gasteiger partial charge is 0.200 e. The molecule has 2 rings (SSSR count). The van der Waals surface area contributed by atoms with Gasteiger partial charge in [0.1, 0.15) is 0 Å². The summed E-state index contributed by atoms with van der Waals surface area (Å²) in [7, 11) is -1.75. The van der Waals surface area contributed by atoms with Crippen LogP contribution < -0.4 is 0 Å². The highest BCUT2D eigenvalue weighted by atomic mass is 28.4. The molecule has 0 amide bonds. The van der Waals surface area contributed by atoms with Crippen molar-refractivity contribution in [1.29, 1.82) is 0 Å². The van der Waals surface area contributed by atoms with E-state index < -0.39 is 16.6 Å². The summed E-state index contributed by atoms with van der Waals surface area (Å²) in [4.78, 5) is 2.53. The van der Waals surface area contributed by atoms with Crippen LogP contribution in [-0.2, 0) is 8.85 Å². The number of fused-ring (bicyclic) bond motifs is 2. The highest BCUT2D eigenvalue weighted by Crippen LogP contribution is 2.47. The van der Waals surface area contributed by atoms with E-state index in [0.717, 1.165) is 6.42 Å². The van der Waals surface area contributed by atoms with Crippen LogP contribution >= 0.6 is 0 Å². The van der Waals surface area contributed by atoms with Gasteiger partial charge in [0.2, 0.25) is 8.32 Å². The van der Waals surface area contributed by atoms with E-state index in [1.807, 2.05) is 0 Å². The molecule has 2 saturated heterocycles. The molecule has 4 nitrogen and oxygen atoms in total. The van der Waals surface area contributed by atoms with E-state index in [4.69, 9.17) is 8.85 Å². The lowest BCUT2D eigenvalue weighted by Crippen LogP contribution is -2.60. The molecule has 0 aromatic carbocycles. The van der Waals surface area contributed by atoms with Gasteiger partial charge in [0.15, 0.2) is 8.32 Å². The van der Waals surface area contributed by atoms with Gasteiger partial charge >= 0.3 is 0 Å². The maximum atomic E-state index is 11.3. The fourth-order valence-corrected chi connectivity index (χ4v) is 13.0. The minimum atomic E-state index is -2.09. The van der Waals surface area contributed by atoms with E-state index in [9.17, 15) is 5.11 Å². The molecule has 0 aromatic rings. The summed E-state index contributed by atoms with van der Waals surface area (Å²) < 4.78 is 14.2. The Balaban J connectivity index is 2.42. The van der Waals surface area contributed by atoms with Crippen LogP contribution in [0.2, 0.25) is 34.8 Å². The van der Waals surface area contributed by atoms with E-state index in [0.29, 0.717) is 35.3 Å². The fourth-order valence-electron chi connectivity index (χ4n) is 6.38. The minimum absolute atomic E-state index is 0.0329. The molecule has 2 heterocycles. The second-order valence-corrected chi connectivity index (χ2v) is 23.1. The van der Waals surface area contributed by atoms with Gasteiger partial charge in [-0.3, -0.25) is 4.90 Å². The Morgan fingerprint density at radius 3 is 1.94 bits per heavy atom. The Hall–Kier alpha value is 0.274. The molecule has 2 aliphatic rings. The van der Waals surface area contributed by atoms with Gasteiger partial charge in [0.05, 0.1) is 18.8 Å². The number of aliphatic hydroxyl groups is 1. The normalized spacial score (nSPS) is 29.4. The third-order valence-electron chi connectivity index (χ3n) is 9.20. The zero-order chi connectivity index (χ0) is 23.9. The van der Waals surface area contributed by atoms with Crippen molar-refractivity contribution in [2.45, 2.75) is 141 Å². The lowest BCUT2D eigenvalue weighted by molar-refractivity contribution is -0.0742. The van der Waals surface area contributed by atoms with E-state index in [2.05, 4.69) is 87.4 Å². The number of rotatable bonds is 9. The van der Waals surface area contributed by atoms with Gasteiger partial charge in [-0.05, 0) is 61.1 Å². The summed E-state index contributed by atoms with van der Waals surface area (Å²) >= 11 is 0. The molecule has 2 bridgehead atoms. The molecule has 184 valence electrons. The quantitative estimate of drug-likeness (QED) is 0.394. The van der Waals surface area contributed by atoms with Crippen molar-refractivity contribution in [1.82, 2.24) is 4.90 Å². The van der Waals surface area contributed by atoms with Crippen LogP contribution in [-0.4, -0.2) is 64.6 Å². The van der Waals surface area contributed by atoms with E-state index >= 15 is 0 Å². The summed E-state index contributed by atoms with van der Waals surface area (Å²) in [6.07, 6.45) is 2.92. The first-order valence-electron chi connectivity index (χ1n) is 12.8. The van der Waals surface area contributed by atoms with Crippen molar-refractivity contribution in [2.24, 2.45) is 5.92 Å². The molecule has 2 aliphatic heterocycles. The predicted octanol–water partition coefficient (Wildman–Crippen LogP) is 6.41. The topological polar surface area (TPSA) is 41.9 Å². The summed E-state index contributed by atoms with van der Waals surface area (Å²) in [5.74, 6) is 0.136. The first kappa shape index (κ1) is 27.5. The largest absolute Gasteiger partial charge is 0.414 e. The Morgan fingerprint density at radius 2 is 1.48 bits per heavy atom. The van der Waals surface area contributed by atoms with Crippen molar-refractivity contribution < 1.29 is 14.0 Å². The molecule has 0 aromatic heterocycles. The average molecular weight is 472 g/mol. The van der Waals surface area contributed by atoms with Crippen LogP contribution in [0.15, 0.2) is 0 Å². The Kier molecular flexibility index (Phi) is 8.76. The van der Waals surface area contributed by atoms with Crippen molar-refractivity contribution in [2.75, 3.05) is 13.7 Å². The van der Waals surface area contributed by atoms with Gasteiger partial charge in [-0.1, -0.05) is 62.3 Å². The maximum Gasteiger partial charge on any atom is 0.200 e. The average Bonchev–Trinajstić information content (AvgIpc) is 2.84. The molecule has 2 fully saturated rings. The molecular formula is C25H53NO3Si2. The van der Waals surface area contributed by atoms with E-state index in [1.165, 1.54) is 12.8 Å². The standard InChI is InChI=1S/C25H53NO3Si2/c1-17(2)31(18(3)4,19(5)6)29-23(16-28-30(11,12)25(7,8)9)24-21-14-13-20(26(21)10)15-22(24)27/h17-24,27H,13-16H2,1-12H3/t20-,21+,22-,23-,24+/m1/s1. The van der Waals surface area contributed by atoms with Crippen molar-refractivity contribution in [3.05, 3.63) is 0 Å². The van der Waals surface area contributed by atoms with Crippen LogP contribution in [0.5, 0.6) is 0 Å². The Morgan fingerprint density at radius 1 is 0.968 bits per heavy atom. The van der Waals surface area contributed by atoms with Gasteiger partial charge in [-0.15, -0.1) is 0 Å². The van der Waals surface area contributed by atoms with Crippen LogP contribution in [0.25, 0.3) is 0 Å². The highest BCUT2D eigenvalue weighted by Gasteiger charge is 2.53. The predicted molar refractivity (Wildman–Crippen MR) is 138 cm³/mol. The third kappa shape index (κ3) is 5.35. The zero-order valence-electron chi connectivity index (χ0n) is 22.7. The molecule has 0 radical (unpaired) electrons. The monoisotopic (exact) mass is 471 g/mol. The molecule has 31 heavy (non-hydrogen) atoms. The lowest BCUT2D eigenvalue weighted by atomic mass is 9.84. The summed E-state index contributed by atoms with van der Waals surface area (Å²) in [5, 5.41) is 11.5. The molecule has 6 heteroatoms. The summed E-state index contributed by atoms with van der Waals surface area (Å²) in [6, 6.07) is 0.931. The van der Waals surface area contributed by atoms with E-state index in [-0.39, 0.29) is 23.2 Å². The first-order valence-corrected chi connectivity index (χ1v) is 17.8. The molecule has 0 spiro atoms. The van der Waals surface area contributed by atoms with Crippen LogP contribution in [0, 0.1) is 5.92 Å².